The first-order valence-electron chi connectivity index (χ1n) is 5.59. The highest BCUT2D eigenvalue weighted by Crippen LogP contribution is 2.37. The van der Waals surface area contributed by atoms with Gasteiger partial charge < -0.3 is 5.32 Å². The zero-order chi connectivity index (χ0) is 9.80. The molecule has 0 amide bonds. The van der Waals surface area contributed by atoms with Crippen LogP contribution in [0.15, 0.2) is 30.3 Å². The second-order valence-electron chi connectivity index (χ2n) is 4.34. The molecule has 1 nitrogen and oxygen atoms in total. The minimum absolute atomic E-state index is 0.814. The van der Waals surface area contributed by atoms with Gasteiger partial charge in [0.15, 0.2) is 0 Å². The van der Waals surface area contributed by atoms with E-state index >= 15 is 0 Å². The molecule has 0 aromatic heterocycles. The Balaban J connectivity index is 1.96. The second kappa shape index (κ2) is 4.61. The fourth-order valence-electron chi connectivity index (χ4n) is 2.58. The first kappa shape index (κ1) is 9.72. The van der Waals surface area contributed by atoms with E-state index < -0.39 is 0 Å². The Kier molecular flexibility index (Phi) is 3.20. The van der Waals surface area contributed by atoms with Gasteiger partial charge in [0, 0.05) is 0 Å². The summed E-state index contributed by atoms with van der Waals surface area (Å²) in [6.45, 7) is 1.18. The van der Waals surface area contributed by atoms with Gasteiger partial charge in [-0.1, -0.05) is 30.3 Å². The monoisotopic (exact) mass is 189 g/mol. The minimum Gasteiger partial charge on any atom is -0.319 e. The van der Waals surface area contributed by atoms with Crippen molar-refractivity contribution in [1.29, 1.82) is 0 Å². The van der Waals surface area contributed by atoms with Crippen LogP contribution in [0.3, 0.4) is 0 Å². The van der Waals surface area contributed by atoms with Crippen LogP contribution in [0.25, 0.3) is 0 Å². The normalized spacial score (nSPS) is 26.6. The first-order chi connectivity index (χ1) is 6.90. The van der Waals surface area contributed by atoms with Crippen molar-refractivity contribution < 1.29 is 0 Å². The molecule has 1 N–H and O–H groups in total. The third kappa shape index (κ3) is 2.16. The summed E-state index contributed by atoms with van der Waals surface area (Å²) in [4.78, 5) is 0. The van der Waals surface area contributed by atoms with Gasteiger partial charge in [-0.3, -0.25) is 0 Å². The van der Waals surface area contributed by atoms with Gasteiger partial charge in [0.1, 0.15) is 0 Å². The van der Waals surface area contributed by atoms with E-state index in [0.29, 0.717) is 0 Å². The molecule has 0 spiro atoms. The van der Waals surface area contributed by atoms with Crippen LogP contribution in [-0.4, -0.2) is 13.6 Å². The summed E-state index contributed by atoms with van der Waals surface area (Å²) in [5.41, 5.74) is 1.53. The van der Waals surface area contributed by atoms with Gasteiger partial charge in [-0.15, -0.1) is 0 Å². The molecule has 1 aliphatic rings. The topological polar surface area (TPSA) is 12.0 Å². The van der Waals surface area contributed by atoms with E-state index in [9.17, 15) is 0 Å². The van der Waals surface area contributed by atoms with Crippen molar-refractivity contribution in [2.24, 2.45) is 5.92 Å². The summed E-state index contributed by atoms with van der Waals surface area (Å²) in [5.74, 6) is 1.71. The van der Waals surface area contributed by atoms with Crippen molar-refractivity contribution in [1.82, 2.24) is 5.32 Å². The second-order valence-corrected chi connectivity index (χ2v) is 4.34. The molecule has 1 saturated carbocycles. The standard InChI is InChI=1S/C13H19N/c1-14-10-11-7-8-13(9-11)12-5-3-2-4-6-12/h2-6,11,13-14H,7-10H2,1H3. The zero-order valence-electron chi connectivity index (χ0n) is 8.87. The maximum atomic E-state index is 3.28. The molecule has 2 rings (SSSR count). The zero-order valence-corrected chi connectivity index (χ0v) is 8.87. The Bertz CT molecular complexity index is 268. The largest absolute Gasteiger partial charge is 0.319 e. The van der Waals surface area contributed by atoms with E-state index in [2.05, 4.69) is 42.7 Å². The molecule has 0 saturated heterocycles. The van der Waals surface area contributed by atoms with Gasteiger partial charge in [-0.2, -0.15) is 0 Å². The molecular formula is C13H19N. The first-order valence-corrected chi connectivity index (χ1v) is 5.59. The van der Waals surface area contributed by atoms with Crippen LogP contribution in [0.5, 0.6) is 0 Å². The molecule has 1 aromatic rings. The molecule has 1 aromatic carbocycles. The lowest BCUT2D eigenvalue weighted by Gasteiger charge is -2.11. The lowest BCUT2D eigenvalue weighted by atomic mass is 9.96. The summed E-state index contributed by atoms with van der Waals surface area (Å²) in [6, 6.07) is 10.9. The van der Waals surface area contributed by atoms with Crippen molar-refractivity contribution >= 4 is 0 Å². The van der Waals surface area contributed by atoms with E-state index in [4.69, 9.17) is 0 Å². The number of hydrogen-bond acceptors (Lipinski definition) is 1. The van der Waals surface area contributed by atoms with Crippen molar-refractivity contribution in [2.75, 3.05) is 13.6 Å². The summed E-state index contributed by atoms with van der Waals surface area (Å²) in [6.07, 6.45) is 4.13. The highest BCUT2D eigenvalue weighted by Gasteiger charge is 2.24. The lowest BCUT2D eigenvalue weighted by Crippen LogP contribution is -2.16. The Morgan fingerprint density at radius 2 is 2.00 bits per heavy atom. The lowest BCUT2D eigenvalue weighted by molar-refractivity contribution is 0.508. The third-order valence-corrected chi connectivity index (χ3v) is 3.31. The predicted octanol–water partition coefficient (Wildman–Crippen LogP) is 2.79. The van der Waals surface area contributed by atoms with Crippen LogP contribution in [0.1, 0.15) is 30.7 Å². The van der Waals surface area contributed by atoms with Crippen molar-refractivity contribution in [3.63, 3.8) is 0 Å². The van der Waals surface area contributed by atoms with E-state index in [1.807, 2.05) is 0 Å². The summed E-state index contributed by atoms with van der Waals surface area (Å²) in [5, 5.41) is 3.28. The molecule has 1 fully saturated rings. The van der Waals surface area contributed by atoms with Crippen molar-refractivity contribution in [3.05, 3.63) is 35.9 Å². The van der Waals surface area contributed by atoms with Crippen molar-refractivity contribution in [3.8, 4) is 0 Å². The van der Waals surface area contributed by atoms with Gasteiger partial charge >= 0.3 is 0 Å². The molecule has 0 aliphatic heterocycles. The van der Waals surface area contributed by atoms with Crippen LogP contribution >= 0.6 is 0 Å². The Morgan fingerprint density at radius 3 is 2.71 bits per heavy atom. The molecule has 0 bridgehead atoms. The van der Waals surface area contributed by atoms with Gasteiger partial charge in [0.2, 0.25) is 0 Å². The third-order valence-electron chi connectivity index (χ3n) is 3.31. The maximum Gasteiger partial charge on any atom is -0.00233 e. The average molecular weight is 189 g/mol. The van der Waals surface area contributed by atoms with Crippen LogP contribution in [0, 0.1) is 5.92 Å². The van der Waals surface area contributed by atoms with Gasteiger partial charge in [-0.25, -0.2) is 0 Å². The number of hydrogen-bond donors (Lipinski definition) is 1. The predicted molar refractivity (Wildman–Crippen MR) is 60.5 cm³/mol. The Hall–Kier alpha value is -0.820. The van der Waals surface area contributed by atoms with E-state index in [0.717, 1.165) is 11.8 Å². The molecule has 0 radical (unpaired) electrons. The molecule has 76 valence electrons. The molecule has 1 heteroatoms. The quantitative estimate of drug-likeness (QED) is 0.771. The van der Waals surface area contributed by atoms with E-state index in [1.54, 1.807) is 0 Å². The number of rotatable bonds is 3. The smallest absolute Gasteiger partial charge is 0.00233 e. The SMILES string of the molecule is CNCC1CCC(c2ccccc2)C1. The maximum absolute atomic E-state index is 3.28. The summed E-state index contributed by atoms with van der Waals surface area (Å²) >= 11 is 0. The Labute approximate surface area is 86.5 Å². The van der Waals surface area contributed by atoms with Crippen LogP contribution in [0.4, 0.5) is 0 Å². The highest BCUT2D eigenvalue weighted by molar-refractivity contribution is 5.20. The fourth-order valence-corrected chi connectivity index (χ4v) is 2.58. The van der Waals surface area contributed by atoms with Crippen LogP contribution in [-0.2, 0) is 0 Å². The van der Waals surface area contributed by atoms with Gasteiger partial charge in [-0.05, 0) is 50.3 Å². The minimum atomic E-state index is 0.814. The number of benzene rings is 1. The van der Waals surface area contributed by atoms with E-state index in [-0.39, 0.29) is 0 Å². The van der Waals surface area contributed by atoms with Gasteiger partial charge in [0.25, 0.3) is 0 Å². The van der Waals surface area contributed by atoms with Crippen LogP contribution in [0.2, 0.25) is 0 Å². The molecule has 2 atom stereocenters. The van der Waals surface area contributed by atoms with E-state index in [1.165, 1.54) is 31.4 Å². The molecule has 14 heavy (non-hydrogen) atoms. The Morgan fingerprint density at radius 1 is 1.21 bits per heavy atom. The fraction of sp³-hybridized carbons (Fsp3) is 0.538. The van der Waals surface area contributed by atoms with Crippen molar-refractivity contribution in [2.45, 2.75) is 25.2 Å². The molecular weight excluding hydrogens is 170 g/mol. The number of nitrogens with one attached hydrogen (secondary N) is 1. The average Bonchev–Trinajstić information content (AvgIpc) is 2.68. The highest BCUT2D eigenvalue weighted by atomic mass is 14.8. The molecule has 1 aliphatic carbocycles. The summed E-state index contributed by atoms with van der Waals surface area (Å²) < 4.78 is 0. The van der Waals surface area contributed by atoms with Crippen LogP contribution < -0.4 is 5.32 Å². The van der Waals surface area contributed by atoms with Gasteiger partial charge in [0.05, 0.1) is 0 Å². The molecule has 2 unspecified atom stereocenters. The molecule has 0 heterocycles. The summed E-state index contributed by atoms with van der Waals surface area (Å²) in [7, 11) is 2.05.